The van der Waals surface area contributed by atoms with E-state index in [1.807, 2.05) is 24.3 Å². The van der Waals surface area contributed by atoms with Crippen LogP contribution in [0.25, 0.3) is 5.69 Å². The van der Waals surface area contributed by atoms with Gasteiger partial charge in [-0.3, -0.25) is 9.36 Å². The van der Waals surface area contributed by atoms with Gasteiger partial charge in [0.15, 0.2) is 5.16 Å². The van der Waals surface area contributed by atoms with Crippen molar-refractivity contribution in [3.63, 3.8) is 0 Å². The van der Waals surface area contributed by atoms with Crippen molar-refractivity contribution in [2.24, 2.45) is 0 Å². The fourth-order valence-electron chi connectivity index (χ4n) is 3.69. The Morgan fingerprint density at radius 1 is 1.14 bits per heavy atom. The van der Waals surface area contributed by atoms with Crippen LogP contribution in [0.1, 0.15) is 29.8 Å². The maximum absolute atomic E-state index is 13.4. The molecule has 1 aliphatic rings. The minimum Gasteiger partial charge on any atom is -0.341 e. The monoisotopic (exact) mass is 409 g/mol. The SMILES string of the molecule is CN(Cc1cccc(F)c1)C(=O)CSc1nc2c(n1-c1ccccc1)CCCC2. The first-order chi connectivity index (χ1) is 14.1. The number of para-hydroxylation sites is 1. The first-order valence-corrected chi connectivity index (χ1v) is 10.9. The van der Waals surface area contributed by atoms with Gasteiger partial charge in [0, 0.05) is 25.0 Å². The number of hydrogen-bond donors (Lipinski definition) is 0. The first kappa shape index (κ1) is 19.7. The molecule has 3 aromatic rings. The zero-order valence-corrected chi connectivity index (χ0v) is 17.3. The molecule has 0 saturated heterocycles. The van der Waals surface area contributed by atoms with E-state index in [1.54, 1.807) is 18.0 Å². The summed E-state index contributed by atoms with van der Waals surface area (Å²) in [7, 11) is 1.75. The van der Waals surface area contributed by atoms with Crippen LogP contribution in [0.5, 0.6) is 0 Å². The van der Waals surface area contributed by atoms with Gasteiger partial charge in [0.05, 0.1) is 11.4 Å². The van der Waals surface area contributed by atoms with Crippen LogP contribution in [0.4, 0.5) is 4.39 Å². The highest BCUT2D eigenvalue weighted by molar-refractivity contribution is 7.99. The van der Waals surface area contributed by atoms with Crippen LogP contribution in [-0.2, 0) is 24.2 Å². The molecule has 150 valence electrons. The summed E-state index contributed by atoms with van der Waals surface area (Å²) < 4.78 is 15.6. The van der Waals surface area contributed by atoms with Crippen molar-refractivity contribution < 1.29 is 9.18 Å². The molecule has 0 aliphatic heterocycles. The Morgan fingerprint density at radius 2 is 1.93 bits per heavy atom. The predicted octanol–water partition coefficient (Wildman–Crippen LogP) is 4.64. The third kappa shape index (κ3) is 4.53. The minimum absolute atomic E-state index is 0.000144. The Morgan fingerprint density at radius 3 is 2.72 bits per heavy atom. The summed E-state index contributed by atoms with van der Waals surface area (Å²) in [5, 5.41) is 0.871. The van der Waals surface area contributed by atoms with E-state index in [2.05, 4.69) is 16.7 Å². The van der Waals surface area contributed by atoms with Crippen LogP contribution < -0.4 is 0 Å². The smallest absolute Gasteiger partial charge is 0.233 e. The van der Waals surface area contributed by atoms with E-state index >= 15 is 0 Å². The minimum atomic E-state index is -0.284. The molecule has 1 amide bonds. The van der Waals surface area contributed by atoms with Crippen molar-refractivity contribution >= 4 is 17.7 Å². The van der Waals surface area contributed by atoms with Crippen molar-refractivity contribution in [1.82, 2.24) is 14.5 Å². The lowest BCUT2D eigenvalue weighted by Gasteiger charge is -2.18. The second kappa shape index (κ2) is 8.82. The number of amides is 1. The van der Waals surface area contributed by atoms with Crippen LogP contribution >= 0.6 is 11.8 Å². The number of hydrogen-bond acceptors (Lipinski definition) is 3. The fraction of sp³-hybridized carbons (Fsp3) is 0.304. The number of nitrogens with zero attached hydrogens (tertiary/aromatic N) is 3. The summed E-state index contributed by atoms with van der Waals surface area (Å²) >= 11 is 1.47. The van der Waals surface area contributed by atoms with E-state index in [-0.39, 0.29) is 11.7 Å². The molecule has 0 spiro atoms. The number of imidazole rings is 1. The summed E-state index contributed by atoms with van der Waals surface area (Å²) in [5.41, 5.74) is 4.30. The third-order valence-electron chi connectivity index (χ3n) is 5.18. The van der Waals surface area contributed by atoms with Gasteiger partial charge in [0.25, 0.3) is 0 Å². The molecular formula is C23H24FN3OS. The first-order valence-electron chi connectivity index (χ1n) is 9.89. The molecule has 29 heavy (non-hydrogen) atoms. The molecule has 4 rings (SSSR count). The van der Waals surface area contributed by atoms with Gasteiger partial charge in [-0.05, 0) is 55.5 Å². The molecule has 0 N–H and O–H groups in total. The molecule has 1 heterocycles. The molecular weight excluding hydrogens is 385 g/mol. The zero-order valence-electron chi connectivity index (χ0n) is 16.5. The summed E-state index contributed by atoms with van der Waals surface area (Å²) in [6, 6.07) is 16.6. The molecule has 6 heteroatoms. The number of aromatic nitrogens is 2. The summed E-state index contributed by atoms with van der Waals surface area (Å²) in [6.07, 6.45) is 4.35. The summed E-state index contributed by atoms with van der Waals surface area (Å²) in [4.78, 5) is 19.2. The maximum atomic E-state index is 13.4. The van der Waals surface area contributed by atoms with Gasteiger partial charge in [-0.25, -0.2) is 9.37 Å². The number of benzene rings is 2. The second-order valence-corrected chi connectivity index (χ2v) is 8.28. The van der Waals surface area contributed by atoms with Crippen LogP contribution in [-0.4, -0.2) is 33.2 Å². The lowest BCUT2D eigenvalue weighted by Crippen LogP contribution is -2.28. The Bertz CT molecular complexity index is 1000. The fourth-order valence-corrected chi connectivity index (χ4v) is 4.68. The maximum Gasteiger partial charge on any atom is 0.233 e. The van der Waals surface area contributed by atoms with Crippen LogP contribution in [0.3, 0.4) is 0 Å². The Balaban J connectivity index is 1.49. The van der Waals surface area contributed by atoms with Gasteiger partial charge in [-0.2, -0.15) is 0 Å². The van der Waals surface area contributed by atoms with Crippen LogP contribution in [0.2, 0.25) is 0 Å². The molecule has 0 radical (unpaired) electrons. The van der Waals surface area contributed by atoms with Crippen molar-refractivity contribution in [2.45, 2.75) is 37.4 Å². The van der Waals surface area contributed by atoms with Crippen molar-refractivity contribution in [1.29, 1.82) is 0 Å². The van der Waals surface area contributed by atoms with Gasteiger partial charge >= 0.3 is 0 Å². The molecule has 0 bridgehead atoms. The van der Waals surface area contributed by atoms with E-state index in [9.17, 15) is 9.18 Å². The van der Waals surface area contributed by atoms with Gasteiger partial charge in [-0.15, -0.1) is 0 Å². The standard InChI is InChI=1S/C23H24FN3OS/c1-26(15-17-8-7-9-18(24)14-17)22(28)16-29-23-25-20-12-5-6-13-21(20)27(23)19-10-3-2-4-11-19/h2-4,7-11,14H,5-6,12-13,15-16H2,1H3. The van der Waals surface area contributed by atoms with Gasteiger partial charge < -0.3 is 4.90 Å². The Hall–Kier alpha value is -2.60. The van der Waals surface area contributed by atoms with Crippen molar-refractivity contribution in [2.75, 3.05) is 12.8 Å². The number of thioether (sulfide) groups is 1. The zero-order chi connectivity index (χ0) is 20.2. The largest absolute Gasteiger partial charge is 0.341 e. The quantitative estimate of drug-likeness (QED) is 0.557. The lowest BCUT2D eigenvalue weighted by atomic mass is 10.0. The lowest BCUT2D eigenvalue weighted by molar-refractivity contribution is -0.127. The van der Waals surface area contributed by atoms with Crippen molar-refractivity contribution in [3.8, 4) is 5.69 Å². The van der Waals surface area contributed by atoms with Gasteiger partial charge in [0.2, 0.25) is 5.91 Å². The number of aryl methyl sites for hydroxylation is 1. The molecule has 4 nitrogen and oxygen atoms in total. The average molecular weight is 410 g/mol. The molecule has 1 aromatic heterocycles. The van der Waals surface area contributed by atoms with Gasteiger partial charge in [-0.1, -0.05) is 42.1 Å². The van der Waals surface area contributed by atoms with Crippen LogP contribution in [0, 0.1) is 5.82 Å². The van der Waals surface area contributed by atoms with Crippen LogP contribution in [0.15, 0.2) is 59.8 Å². The van der Waals surface area contributed by atoms with E-state index in [0.717, 1.165) is 41.4 Å². The molecule has 0 fully saturated rings. The topological polar surface area (TPSA) is 38.1 Å². The molecule has 0 atom stereocenters. The van der Waals surface area contributed by atoms with Crippen molar-refractivity contribution in [3.05, 3.63) is 77.4 Å². The summed E-state index contributed by atoms with van der Waals surface area (Å²) in [5.74, 6) is 0.0159. The second-order valence-electron chi connectivity index (χ2n) is 7.33. The highest BCUT2D eigenvalue weighted by Gasteiger charge is 2.22. The highest BCUT2D eigenvalue weighted by Crippen LogP contribution is 2.30. The Kier molecular flexibility index (Phi) is 6.00. The molecule has 0 saturated carbocycles. The average Bonchev–Trinajstić information content (AvgIpc) is 3.11. The van der Waals surface area contributed by atoms with E-state index in [1.165, 1.54) is 36.0 Å². The Labute approximate surface area is 174 Å². The third-order valence-corrected chi connectivity index (χ3v) is 6.10. The molecule has 2 aromatic carbocycles. The molecule has 0 unspecified atom stereocenters. The number of carbonyl (C=O) groups excluding carboxylic acids is 1. The predicted molar refractivity (Wildman–Crippen MR) is 114 cm³/mol. The molecule has 1 aliphatic carbocycles. The number of fused-ring (bicyclic) bond motifs is 1. The van der Waals surface area contributed by atoms with E-state index in [0.29, 0.717) is 12.3 Å². The number of carbonyl (C=O) groups is 1. The van der Waals surface area contributed by atoms with Gasteiger partial charge in [0.1, 0.15) is 5.82 Å². The highest BCUT2D eigenvalue weighted by atomic mass is 32.2. The van der Waals surface area contributed by atoms with E-state index in [4.69, 9.17) is 4.98 Å². The number of rotatable bonds is 6. The van der Waals surface area contributed by atoms with E-state index < -0.39 is 0 Å². The normalized spacial score (nSPS) is 13.2. The summed E-state index contributed by atoms with van der Waals surface area (Å²) in [6.45, 7) is 0.390. The number of halogens is 1.